The Kier molecular flexibility index (Phi) is 4.25. The second kappa shape index (κ2) is 5.96. The summed E-state index contributed by atoms with van der Waals surface area (Å²) in [5.41, 5.74) is -1.00. The van der Waals surface area contributed by atoms with Gasteiger partial charge in [-0.15, -0.1) is 0 Å². The molecule has 24 heavy (non-hydrogen) atoms. The van der Waals surface area contributed by atoms with E-state index in [1.165, 1.54) is 6.42 Å². The lowest BCUT2D eigenvalue weighted by molar-refractivity contribution is -0.0314. The van der Waals surface area contributed by atoms with Crippen molar-refractivity contribution in [1.29, 1.82) is 0 Å². The van der Waals surface area contributed by atoms with Crippen molar-refractivity contribution in [2.75, 3.05) is 7.11 Å². The van der Waals surface area contributed by atoms with E-state index in [1.54, 1.807) is 13.4 Å². The Morgan fingerprint density at radius 1 is 1.12 bits per heavy atom. The van der Waals surface area contributed by atoms with Crippen molar-refractivity contribution >= 4 is 0 Å². The molecule has 2 bridgehead atoms. The van der Waals surface area contributed by atoms with E-state index in [-0.39, 0.29) is 10.8 Å². The molecule has 0 radical (unpaired) electrons. The van der Waals surface area contributed by atoms with Crippen molar-refractivity contribution in [3.63, 3.8) is 0 Å². The van der Waals surface area contributed by atoms with Crippen LogP contribution in [0.25, 0.3) is 0 Å². The van der Waals surface area contributed by atoms with Crippen molar-refractivity contribution < 1.29 is 14.6 Å². The molecule has 2 saturated carbocycles. The van der Waals surface area contributed by atoms with Crippen LogP contribution in [0.1, 0.15) is 40.0 Å². The van der Waals surface area contributed by atoms with E-state index in [2.05, 4.69) is 19.9 Å². The molecule has 0 amide bonds. The molecule has 0 saturated heterocycles. The zero-order chi connectivity index (χ0) is 17.4. The highest BCUT2D eigenvalue weighted by Crippen LogP contribution is 2.70. The van der Waals surface area contributed by atoms with Crippen LogP contribution in [-0.2, 0) is 0 Å². The fourth-order valence-electron chi connectivity index (χ4n) is 4.96. The third-order valence-electron chi connectivity index (χ3n) is 6.45. The molecule has 0 aliphatic heterocycles. The van der Waals surface area contributed by atoms with Gasteiger partial charge < -0.3 is 14.6 Å². The number of methoxy groups -OCH3 is 1. The first kappa shape index (κ1) is 17.1. The molecule has 2 fully saturated rings. The summed E-state index contributed by atoms with van der Waals surface area (Å²) in [6, 6.07) is 7.53. The largest absolute Gasteiger partial charge is 0.497 e. The second-order valence-corrected chi connectivity index (χ2v) is 7.65. The quantitative estimate of drug-likeness (QED) is 0.628. The minimum Gasteiger partial charge on any atom is -0.497 e. The standard InChI is InChI=1S/C21H28O3/c1-5-11-21(22)15-16-10-12-20(21,19(16,2)3)13-14-24-18-8-6-17(23-4)7-9-18/h5-9,11,13-14,16,22H,10,12,15H2,1-4H3/b11-5-,14-13-/t16-,20+,21-/m1/s1. The smallest absolute Gasteiger partial charge is 0.126 e. The summed E-state index contributed by atoms with van der Waals surface area (Å²) in [6.07, 6.45) is 10.8. The van der Waals surface area contributed by atoms with Crippen LogP contribution in [0.15, 0.2) is 48.8 Å². The fraction of sp³-hybridized carbons (Fsp3) is 0.524. The Morgan fingerprint density at radius 3 is 2.38 bits per heavy atom. The SMILES string of the molecule is C/C=C\[C@@]1(O)C[C@H]2CC[C@]1(/C=C\Oc1ccc(OC)cc1)C2(C)C. The van der Waals surface area contributed by atoms with Crippen LogP contribution in [0.3, 0.4) is 0 Å². The zero-order valence-electron chi connectivity index (χ0n) is 15.1. The van der Waals surface area contributed by atoms with Crippen molar-refractivity contribution in [2.24, 2.45) is 16.7 Å². The Morgan fingerprint density at radius 2 is 1.79 bits per heavy atom. The maximum atomic E-state index is 11.3. The van der Waals surface area contributed by atoms with Gasteiger partial charge in [-0.25, -0.2) is 0 Å². The summed E-state index contributed by atoms with van der Waals surface area (Å²) in [7, 11) is 1.65. The summed E-state index contributed by atoms with van der Waals surface area (Å²) < 4.78 is 11.0. The number of benzene rings is 1. The molecule has 1 N–H and O–H groups in total. The zero-order valence-corrected chi connectivity index (χ0v) is 15.1. The molecule has 3 heteroatoms. The highest BCUT2D eigenvalue weighted by atomic mass is 16.5. The van der Waals surface area contributed by atoms with Crippen LogP contribution in [0, 0.1) is 16.7 Å². The second-order valence-electron chi connectivity index (χ2n) is 7.65. The summed E-state index contributed by atoms with van der Waals surface area (Å²) in [4.78, 5) is 0. The number of ether oxygens (including phenoxy) is 2. The lowest BCUT2D eigenvalue weighted by Gasteiger charge is -2.44. The van der Waals surface area contributed by atoms with Crippen LogP contribution >= 0.6 is 0 Å². The lowest BCUT2D eigenvalue weighted by Crippen LogP contribution is -2.46. The van der Waals surface area contributed by atoms with E-state index in [4.69, 9.17) is 9.47 Å². The molecule has 3 rings (SSSR count). The van der Waals surface area contributed by atoms with Gasteiger partial charge in [0.15, 0.2) is 0 Å². The number of hydrogen-bond donors (Lipinski definition) is 1. The van der Waals surface area contributed by atoms with E-state index in [1.807, 2.05) is 43.3 Å². The minimum absolute atomic E-state index is 0.0566. The molecule has 0 spiro atoms. The number of rotatable bonds is 5. The Bertz CT molecular complexity index is 644. The van der Waals surface area contributed by atoms with Gasteiger partial charge in [0.25, 0.3) is 0 Å². The van der Waals surface area contributed by atoms with E-state index in [9.17, 15) is 5.11 Å². The van der Waals surface area contributed by atoms with Crippen molar-refractivity contribution in [1.82, 2.24) is 0 Å². The fourth-order valence-corrected chi connectivity index (χ4v) is 4.96. The molecule has 2 aliphatic rings. The summed E-state index contributed by atoms with van der Waals surface area (Å²) in [5.74, 6) is 2.12. The third-order valence-corrected chi connectivity index (χ3v) is 6.45. The first-order valence-electron chi connectivity index (χ1n) is 8.73. The van der Waals surface area contributed by atoms with Crippen LogP contribution in [0.4, 0.5) is 0 Å². The van der Waals surface area contributed by atoms with Gasteiger partial charge in [-0.2, -0.15) is 0 Å². The van der Waals surface area contributed by atoms with E-state index in [0.29, 0.717) is 5.92 Å². The van der Waals surface area contributed by atoms with E-state index in [0.717, 1.165) is 24.3 Å². The van der Waals surface area contributed by atoms with Crippen LogP contribution in [0.2, 0.25) is 0 Å². The van der Waals surface area contributed by atoms with E-state index >= 15 is 0 Å². The molecule has 1 aromatic carbocycles. The van der Waals surface area contributed by atoms with E-state index < -0.39 is 5.60 Å². The molecular weight excluding hydrogens is 300 g/mol. The van der Waals surface area contributed by atoms with Crippen molar-refractivity contribution in [2.45, 2.75) is 45.6 Å². The van der Waals surface area contributed by atoms with Crippen LogP contribution in [0.5, 0.6) is 11.5 Å². The maximum absolute atomic E-state index is 11.3. The van der Waals surface area contributed by atoms with Gasteiger partial charge in [-0.3, -0.25) is 0 Å². The van der Waals surface area contributed by atoms with Gasteiger partial charge in [0.1, 0.15) is 11.5 Å². The Hall–Kier alpha value is -1.74. The Balaban J connectivity index is 1.84. The third kappa shape index (κ3) is 2.37. The van der Waals surface area contributed by atoms with Crippen molar-refractivity contribution in [3.05, 3.63) is 48.8 Å². The van der Waals surface area contributed by atoms with Gasteiger partial charge >= 0.3 is 0 Å². The normalized spacial score (nSPS) is 34.3. The number of fused-ring (bicyclic) bond motifs is 2. The molecule has 1 aromatic rings. The van der Waals surface area contributed by atoms with Crippen LogP contribution in [-0.4, -0.2) is 17.8 Å². The average molecular weight is 328 g/mol. The highest BCUT2D eigenvalue weighted by Gasteiger charge is 2.68. The molecular formula is C21H28O3. The topological polar surface area (TPSA) is 38.7 Å². The first-order chi connectivity index (χ1) is 11.4. The molecule has 130 valence electrons. The predicted octanol–water partition coefficient (Wildman–Crippen LogP) is 4.72. The van der Waals surface area contributed by atoms with Crippen molar-refractivity contribution in [3.8, 4) is 11.5 Å². The summed E-state index contributed by atoms with van der Waals surface area (Å²) in [5, 5.41) is 11.3. The van der Waals surface area contributed by atoms with Gasteiger partial charge in [0, 0.05) is 5.41 Å². The van der Waals surface area contributed by atoms with Crippen LogP contribution < -0.4 is 9.47 Å². The highest BCUT2D eigenvalue weighted by molar-refractivity contribution is 5.33. The minimum atomic E-state index is -0.784. The van der Waals surface area contributed by atoms with Gasteiger partial charge in [-0.05, 0) is 67.9 Å². The van der Waals surface area contributed by atoms with Gasteiger partial charge in [0.05, 0.1) is 19.0 Å². The Labute approximate surface area is 145 Å². The molecule has 0 unspecified atom stereocenters. The van der Waals surface area contributed by atoms with Gasteiger partial charge in [-0.1, -0.05) is 26.0 Å². The number of aliphatic hydroxyl groups is 1. The monoisotopic (exact) mass is 328 g/mol. The number of hydrogen-bond acceptors (Lipinski definition) is 3. The summed E-state index contributed by atoms with van der Waals surface area (Å²) >= 11 is 0. The predicted molar refractivity (Wildman–Crippen MR) is 96.1 cm³/mol. The molecule has 0 aromatic heterocycles. The maximum Gasteiger partial charge on any atom is 0.126 e. The molecule has 0 heterocycles. The first-order valence-corrected chi connectivity index (χ1v) is 8.73. The van der Waals surface area contributed by atoms with Gasteiger partial charge in [0.2, 0.25) is 0 Å². The lowest BCUT2D eigenvalue weighted by atomic mass is 9.63. The number of allylic oxidation sites excluding steroid dienone is 1. The molecule has 3 atom stereocenters. The summed E-state index contributed by atoms with van der Waals surface area (Å²) in [6.45, 7) is 6.54. The average Bonchev–Trinajstić information content (AvgIpc) is 2.89. The molecule has 3 nitrogen and oxygen atoms in total. The molecule has 2 aliphatic carbocycles.